The van der Waals surface area contributed by atoms with Gasteiger partial charge >= 0.3 is 6.03 Å². The number of aliphatic hydroxyl groups is 1. The number of carbonyl (C=O) groups is 2. The van der Waals surface area contributed by atoms with Crippen LogP contribution in [0.5, 0.6) is 0 Å². The Morgan fingerprint density at radius 3 is 2.69 bits per heavy atom. The third-order valence-electron chi connectivity index (χ3n) is 6.17. The summed E-state index contributed by atoms with van der Waals surface area (Å²) in [5.41, 5.74) is 2.03. The Morgan fingerprint density at radius 2 is 2.04 bits per heavy atom. The molecule has 0 unspecified atom stereocenters. The minimum absolute atomic E-state index is 0.0639. The predicted octanol–water partition coefficient (Wildman–Crippen LogP) is 2.08. The van der Waals surface area contributed by atoms with Gasteiger partial charge in [-0.15, -0.1) is 0 Å². The Bertz CT molecular complexity index is 703. The summed E-state index contributed by atoms with van der Waals surface area (Å²) in [4.78, 5) is 29.2. The third kappa shape index (κ3) is 2.58. The standard InChI is InChI=1S/C20H27N3O3/c1-2-10-21-20(26)23-16-11-22(19(25)13-6-5-7-13)15-9-4-3-8-14(15)18(16)17(23)12-24/h3-4,8-9,13,16-18,24H,2,5-7,10-12H2,1H3,(H,21,26)/t16-,17+,18+/m0/s1. The van der Waals surface area contributed by atoms with E-state index in [9.17, 15) is 14.7 Å². The number of urea groups is 1. The smallest absolute Gasteiger partial charge is 0.318 e. The van der Waals surface area contributed by atoms with Crippen molar-refractivity contribution in [3.8, 4) is 0 Å². The average Bonchev–Trinajstić information content (AvgIpc) is 2.58. The number of para-hydroxylation sites is 1. The lowest BCUT2D eigenvalue weighted by molar-refractivity contribution is -0.125. The number of fused-ring (bicyclic) bond motifs is 3. The normalized spacial score (nSPS) is 27.1. The van der Waals surface area contributed by atoms with Gasteiger partial charge in [-0.2, -0.15) is 0 Å². The molecule has 1 saturated heterocycles. The van der Waals surface area contributed by atoms with E-state index in [0.717, 1.165) is 36.9 Å². The van der Waals surface area contributed by atoms with Crippen LogP contribution < -0.4 is 10.2 Å². The number of likely N-dealkylation sites (tertiary alicyclic amines) is 1. The summed E-state index contributed by atoms with van der Waals surface area (Å²) in [6.07, 6.45) is 3.92. The second kappa shape index (κ2) is 6.91. The Morgan fingerprint density at radius 1 is 1.27 bits per heavy atom. The van der Waals surface area contributed by atoms with Crippen LogP contribution in [-0.2, 0) is 4.79 Å². The van der Waals surface area contributed by atoms with Crippen LogP contribution in [0.1, 0.15) is 44.1 Å². The summed E-state index contributed by atoms with van der Waals surface area (Å²) in [7, 11) is 0. The number of nitrogens with zero attached hydrogens (tertiary/aromatic N) is 2. The Balaban J connectivity index is 1.64. The number of hydrogen-bond acceptors (Lipinski definition) is 3. The molecule has 0 radical (unpaired) electrons. The van der Waals surface area contributed by atoms with Gasteiger partial charge in [-0.05, 0) is 30.9 Å². The van der Waals surface area contributed by atoms with Crippen molar-refractivity contribution in [2.24, 2.45) is 5.92 Å². The molecule has 2 aliphatic heterocycles. The van der Waals surface area contributed by atoms with Gasteiger partial charge < -0.3 is 20.2 Å². The fourth-order valence-corrected chi connectivity index (χ4v) is 4.57. The SMILES string of the molecule is CCCNC(=O)N1[C@H](CO)[C@@H]2c3ccccc3N(C(=O)C3CCC3)C[C@@H]21. The number of aliphatic hydroxyl groups excluding tert-OH is 1. The summed E-state index contributed by atoms with van der Waals surface area (Å²) in [5, 5.41) is 12.8. The molecule has 0 bridgehead atoms. The van der Waals surface area contributed by atoms with Crippen molar-refractivity contribution in [3.63, 3.8) is 0 Å². The Labute approximate surface area is 154 Å². The molecule has 1 aliphatic carbocycles. The maximum atomic E-state index is 13.0. The number of carbonyl (C=O) groups excluding carboxylic acids is 2. The summed E-state index contributed by atoms with van der Waals surface area (Å²) >= 11 is 0. The van der Waals surface area contributed by atoms with E-state index in [1.54, 1.807) is 4.90 Å². The fraction of sp³-hybridized carbons (Fsp3) is 0.600. The number of amides is 3. The van der Waals surface area contributed by atoms with E-state index >= 15 is 0 Å². The van der Waals surface area contributed by atoms with Gasteiger partial charge in [0, 0.05) is 30.6 Å². The van der Waals surface area contributed by atoms with Crippen LogP contribution >= 0.6 is 0 Å². The highest BCUT2D eigenvalue weighted by Gasteiger charge is 2.55. The molecule has 2 fully saturated rings. The number of anilines is 1. The summed E-state index contributed by atoms with van der Waals surface area (Å²) in [6, 6.07) is 7.54. The molecule has 26 heavy (non-hydrogen) atoms. The molecular weight excluding hydrogens is 330 g/mol. The van der Waals surface area contributed by atoms with Gasteiger partial charge in [0.15, 0.2) is 0 Å². The van der Waals surface area contributed by atoms with E-state index in [1.165, 1.54) is 0 Å². The first-order valence-electron chi connectivity index (χ1n) is 9.74. The predicted molar refractivity (Wildman–Crippen MR) is 99.1 cm³/mol. The zero-order valence-electron chi connectivity index (χ0n) is 15.2. The molecule has 1 aromatic rings. The van der Waals surface area contributed by atoms with Crippen LogP contribution in [0.3, 0.4) is 0 Å². The van der Waals surface area contributed by atoms with Gasteiger partial charge in [0.25, 0.3) is 0 Å². The number of nitrogens with one attached hydrogen (secondary N) is 1. The topological polar surface area (TPSA) is 72.9 Å². The summed E-state index contributed by atoms with van der Waals surface area (Å²) in [5.74, 6) is 0.397. The average molecular weight is 357 g/mol. The van der Waals surface area contributed by atoms with Gasteiger partial charge in [0.05, 0.1) is 18.7 Å². The molecule has 0 spiro atoms. The molecule has 140 valence electrons. The zero-order valence-corrected chi connectivity index (χ0v) is 15.2. The van der Waals surface area contributed by atoms with Gasteiger partial charge in [0.1, 0.15) is 0 Å². The minimum Gasteiger partial charge on any atom is -0.394 e. The van der Waals surface area contributed by atoms with Crippen molar-refractivity contribution < 1.29 is 14.7 Å². The van der Waals surface area contributed by atoms with Crippen LogP contribution in [0.15, 0.2) is 24.3 Å². The minimum atomic E-state index is -0.223. The largest absolute Gasteiger partial charge is 0.394 e. The molecule has 6 heteroatoms. The van der Waals surface area contributed by atoms with Gasteiger partial charge in [-0.3, -0.25) is 4.79 Å². The molecule has 0 aromatic heterocycles. The second-order valence-corrected chi connectivity index (χ2v) is 7.62. The van der Waals surface area contributed by atoms with Gasteiger partial charge in [-0.1, -0.05) is 31.5 Å². The summed E-state index contributed by atoms with van der Waals surface area (Å²) < 4.78 is 0. The lowest BCUT2D eigenvalue weighted by Gasteiger charge is -2.59. The van der Waals surface area contributed by atoms with Crippen LogP contribution in [0.25, 0.3) is 0 Å². The van der Waals surface area contributed by atoms with E-state index in [2.05, 4.69) is 5.32 Å². The van der Waals surface area contributed by atoms with Crippen molar-refractivity contribution in [1.82, 2.24) is 10.2 Å². The second-order valence-electron chi connectivity index (χ2n) is 7.62. The molecule has 3 amide bonds. The van der Waals surface area contributed by atoms with Crippen LogP contribution in [0.4, 0.5) is 10.5 Å². The molecular formula is C20H27N3O3. The van der Waals surface area contributed by atoms with Gasteiger partial charge in [0.2, 0.25) is 5.91 Å². The Hall–Kier alpha value is -2.08. The molecule has 1 aromatic carbocycles. The highest BCUT2D eigenvalue weighted by atomic mass is 16.3. The van der Waals surface area contributed by atoms with Crippen molar-refractivity contribution in [2.45, 2.75) is 50.6 Å². The number of hydrogen-bond donors (Lipinski definition) is 2. The van der Waals surface area contributed by atoms with Crippen molar-refractivity contribution >= 4 is 17.6 Å². The lowest BCUT2D eigenvalue weighted by atomic mass is 9.71. The van der Waals surface area contributed by atoms with Crippen LogP contribution in [-0.4, -0.2) is 53.7 Å². The molecule has 3 atom stereocenters. The van der Waals surface area contributed by atoms with E-state index < -0.39 is 0 Å². The summed E-state index contributed by atoms with van der Waals surface area (Å²) in [6.45, 7) is 3.09. The first kappa shape index (κ1) is 17.3. The van der Waals surface area contributed by atoms with Crippen molar-refractivity contribution in [1.29, 1.82) is 0 Å². The first-order chi connectivity index (χ1) is 12.7. The zero-order chi connectivity index (χ0) is 18.3. The third-order valence-corrected chi connectivity index (χ3v) is 6.17. The quantitative estimate of drug-likeness (QED) is 0.867. The monoisotopic (exact) mass is 357 g/mol. The first-order valence-corrected chi connectivity index (χ1v) is 9.74. The molecule has 1 saturated carbocycles. The maximum Gasteiger partial charge on any atom is 0.318 e. The molecule has 2 N–H and O–H groups in total. The number of rotatable bonds is 4. The molecule has 2 heterocycles. The van der Waals surface area contributed by atoms with Crippen molar-refractivity contribution in [2.75, 3.05) is 24.6 Å². The van der Waals surface area contributed by atoms with E-state index in [4.69, 9.17) is 0 Å². The van der Waals surface area contributed by atoms with E-state index in [-0.39, 0.29) is 42.5 Å². The highest BCUT2D eigenvalue weighted by molar-refractivity contribution is 5.97. The number of benzene rings is 1. The fourth-order valence-electron chi connectivity index (χ4n) is 4.57. The van der Waals surface area contributed by atoms with Gasteiger partial charge in [-0.25, -0.2) is 4.79 Å². The van der Waals surface area contributed by atoms with Crippen LogP contribution in [0.2, 0.25) is 0 Å². The molecule has 4 rings (SSSR count). The van der Waals surface area contributed by atoms with Crippen molar-refractivity contribution in [3.05, 3.63) is 29.8 Å². The van der Waals surface area contributed by atoms with E-state index in [1.807, 2.05) is 36.1 Å². The van der Waals surface area contributed by atoms with Crippen LogP contribution in [0, 0.1) is 5.92 Å². The van der Waals surface area contributed by atoms with E-state index in [0.29, 0.717) is 13.1 Å². The Kier molecular flexibility index (Phi) is 4.61. The maximum absolute atomic E-state index is 13.0. The molecule has 6 nitrogen and oxygen atoms in total. The lowest BCUT2D eigenvalue weighted by Crippen LogP contribution is -2.72. The molecule has 3 aliphatic rings. The highest BCUT2D eigenvalue weighted by Crippen LogP contribution is 2.48.